The van der Waals surface area contributed by atoms with E-state index in [1.807, 2.05) is 19.1 Å². The third kappa shape index (κ3) is 3.14. The molecule has 0 bridgehead atoms. The molecule has 0 amide bonds. The van der Waals surface area contributed by atoms with Crippen LogP contribution in [0.25, 0.3) is 0 Å². The fourth-order valence-electron chi connectivity index (χ4n) is 1.70. The van der Waals surface area contributed by atoms with E-state index in [2.05, 4.69) is 10.3 Å². The molecule has 1 aromatic heterocycles. The van der Waals surface area contributed by atoms with E-state index in [1.54, 1.807) is 12.1 Å². The Bertz CT molecular complexity index is 631. The third-order valence-electron chi connectivity index (χ3n) is 2.49. The minimum atomic E-state index is -0.516. The summed E-state index contributed by atoms with van der Waals surface area (Å²) in [7, 11) is 0. The number of para-hydroxylation sites is 2. The van der Waals surface area contributed by atoms with Crippen LogP contribution < -0.4 is 15.8 Å². The summed E-state index contributed by atoms with van der Waals surface area (Å²) in [5, 5.41) is 13.8. The van der Waals surface area contributed by atoms with Crippen LogP contribution in [0.15, 0.2) is 36.4 Å². The van der Waals surface area contributed by atoms with Crippen molar-refractivity contribution in [3.63, 3.8) is 0 Å². The summed E-state index contributed by atoms with van der Waals surface area (Å²) >= 11 is 0. The first kappa shape index (κ1) is 13.6. The van der Waals surface area contributed by atoms with Crippen LogP contribution in [0.1, 0.15) is 6.92 Å². The first-order valence-electron chi connectivity index (χ1n) is 6.01. The standard InChI is InChI=1S/C13H14N4O3/c1-2-20-11-6-4-3-5-10(11)15-13-8-9(17(18)19)7-12(14)16-13/h3-8H,2H2,1H3,(H3,14,15,16). The van der Waals surface area contributed by atoms with Crippen molar-refractivity contribution in [1.29, 1.82) is 0 Å². The van der Waals surface area contributed by atoms with E-state index in [-0.39, 0.29) is 11.5 Å². The summed E-state index contributed by atoms with van der Waals surface area (Å²) in [4.78, 5) is 14.3. The van der Waals surface area contributed by atoms with Crippen LogP contribution in [0, 0.1) is 10.1 Å². The van der Waals surface area contributed by atoms with Crippen LogP contribution in [-0.2, 0) is 0 Å². The zero-order valence-electron chi connectivity index (χ0n) is 10.9. The number of ether oxygens (including phenoxy) is 1. The molecule has 1 aromatic carbocycles. The molecule has 2 rings (SSSR count). The molecule has 0 aliphatic rings. The molecular weight excluding hydrogens is 260 g/mol. The topological polar surface area (TPSA) is 103 Å². The van der Waals surface area contributed by atoms with Gasteiger partial charge in [0.05, 0.1) is 29.4 Å². The van der Waals surface area contributed by atoms with E-state index in [1.165, 1.54) is 12.1 Å². The second kappa shape index (κ2) is 5.87. The van der Waals surface area contributed by atoms with Gasteiger partial charge in [0.1, 0.15) is 17.4 Å². The fraction of sp³-hybridized carbons (Fsp3) is 0.154. The number of nitrogen functional groups attached to an aromatic ring is 1. The van der Waals surface area contributed by atoms with Crippen molar-refractivity contribution in [3.05, 3.63) is 46.5 Å². The minimum Gasteiger partial charge on any atom is -0.492 e. The van der Waals surface area contributed by atoms with E-state index in [0.717, 1.165) is 0 Å². The molecule has 7 heteroatoms. The van der Waals surface area contributed by atoms with Crippen LogP contribution >= 0.6 is 0 Å². The molecule has 20 heavy (non-hydrogen) atoms. The monoisotopic (exact) mass is 274 g/mol. The Morgan fingerprint density at radius 2 is 2.15 bits per heavy atom. The number of nitrogens with two attached hydrogens (primary N) is 1. The van der Waals surface area contributed by atoms with Gasteiger partial charge in [0, 0.05) is 0 Å². The number of nitrogens with zero attached hydrogens (tertiary/aromatic N) is 2. The van der Waals surface area contributed by atoms with E-state index >= 15 is 0 Å². The first-order chi connectivity index (χ1) is 9.60. The Morgan fingerprint density at radius 1 is 1.40 bits per heavy atom. The lowest BCUT2D eigenvalue weighted by Crippen LogP contribution is -2.02. The number of benzene rings is 1. The van der Waals surface area contributed by atoms with Gasteiger partial charge in [0.25, 0.3) is 5.69 Å². The van der Waals surface area contributed by atoms with Gasteiger partial charge in [-0.25, -0.2) is 4.98 Å². The van der Waals surface area contributed by atoms with Gasteiger partial charge in [0.2, 0.25) is 0 Å². The Labute approximate surface area is 115 Å². The molecule has 2 aromatic rings. The van der Waals surface area contributed by atoms with E-state index in [4.69, 9.17) is 10.5 Å². The highest BCUT2D eigenvalue weighted by molar-refractivity contribution is 5.66. The van der Waals surface area contributed by atoms with Crippen molar-refractivity contribution >= 4 is 23.0 Å². The Hall–Kier alpha value is -2.83. The van der Waals surface area contributed by atoms with Crippen LogP contribution in [-0.4, -0.2) is 16.5 Å². The maximum absolute atomic E-state index is 10.8. The molecule has 0 radical (unpaired) electrons. The molecule has 3 N–H and O–H groups in total. The zero-order valence-corrected chi connectivity index (χ0v) is 10.9. The van der Waals surface area contributed by atoms with Gasteiger partial charge < -0.3 is 15.8 Å². The molecule has 7 nitrogen and oxygen atoms in total. The van der Waals surface area contributed by atoms with Crippen molar-refractivity contribution in [2.24, 2.45) is 0 Å². The molecular formula is C13H14N4O3. The molecule has 0 aliphatic heterocycles. The van der Waals surface area contributed by atoms with Crippen molar-refractivity contribution < 1.29 is 9.66 Å². The molecule has 0 saturated carbocycles. The Kier molecular flexibility index (Phi) is 3.99. The van der Waals surface area contributed by atoms with Crippen LogP contribution in [0.2, 0.25) is 0 Å². The number of hydrogen-bond acceptors (Lipinski definition) is 6. The first-order valence-corrected chi connectivity index (χ1v) is 6.01. The van der Waals surface area contributed by atoms with Gasteiger partial charge in [0.15, 0.2) is 0 Å². The van der Waals surface area contributed by atoms with E-state index < -0.39 is 4.92 Å². The average Bonchev–Trinajstić information content (AvgIpc) is 2.40. The second-order valence-corrected chi connectivity index (χ2v) is 3.95. The smallest absolute Gasteiger partial charge is 0.276 e. The van der Waals surface area contributed by atoms with Crippen molar-refractivity contribution in [2.75, 3.05) is 17.7 Å². The summed E-state index contributed by atoms with van der Waals surface area (Å²) in [6.45, 7) is 2.39. The lowest BCUT2D eigenvalue weighted by molar-refractivity contribution is -0.384. The number of rotatable bonds is 5. The predicted octanol–water partition coefficient (Wildman–Crippen LogP) is 2.71. The molecule has 0 saturated heterocycles. The maximum Gasteiger partial charge on any atom is 0.276 e. The summed E-state index contributed by atoms with van der Waals surface area (Å²) in [5.41, 5.74) is 6.11. The largest absolute Gasteiger partial charge is 0.492 e. The predicted molar refractivity (Wildman–Crippen MR) is 76.2 cm³/mol. The second-order valence-electron chi connectivity index (χ2n) is 3.95. The van der Waals surface area contributed by atoms with Gasteiger partial charge in [-0.1, -0.05) is 12.1 Å². The third-order valence-corrected chi connectivity index (χ3v) is 2.49. The molecule has 0 aliphatic carbocycles. The van der Waals surface area contributed by atoms with Crippen LogP contribution in [0.5, 0.6) is 5.75 Å². The van der Waals surface area contributed by atoms with Gasteiger partial charge in [-0.2, -0.15) is 0 Å². The number of nitrogens with one attached hydrogen (secondary N) is 1. The van der Waals surface area contributed by atoms with Gasteiger partial charge in [-0.15, -0.1) is 0 Å². The maximum atomic E-state index is 10.8. The van der Waals surface area contributed by atoms with Crippen LogP contribution in [0.3, 0.4) is 0 Å². The number of anilines is 3. The van der Waals surface area contributed by atoms with E-state index in [9.17, 15) is 10.1 Å². The van der Waals surface area contributed by atoms with Crippen molar-refractivity contribution in [2.45, 2.75) is 6.92 Å². The van der Waals surface area contributed by atoms with Crippen molar-refractivity contribution in [3.8, 4) is 5.75 Å². The number of nitro groups is 1. The lowest BCUT2D eigenvalue weighted by Gasteiger charge is -2.11. The molecule has 0 unspecified atom stereocenters. The molecule has 0 fully saturated rings. The number of aromatic nitrogens is 1. The average molecular weight is 274 g/mol. The van der Waals surface area contributed by atoms with Gasteiger partial charge in [-0.3, -0.25) is 10.1 Å². The Balaban J connectivity index is 2.32. The summed E-state index contributed by atoms with van der Waals surface area (Å²) in [6, 6.07) is 9.78. The summed E-state index contributed by atoms with van der Waals surface area (Å²) in [6.07, 6.45) is 0. The van der Waals surface area contributed by atoms with Crippen molar-refractivity contribution in [1.82, 2.24) is 4.98 Å². The molecule has 0 atom stereocenters. The van der Waals surface area contributed by atoms with E-state index in [0.29, 0.717) is 23.9 Å². The highest BCUT2D eigenvalue weighted by atomic mass is 16.6. The van der Waals surface area contributed by atoms with Gasteiger partial charge in [-0.05, 0) is 19.1 Å². The summed E-state index contributed by atoms with van der Waals surface area (Å²) in [5.74, 6) is 1.02. The molecule has 0 spiro atoms. The SMILES string of the molecule is CCOc1ccccc1Nc1cc([N+](=O)[O-])cc(N)n1. The molecule has 1 heterocycles. The number of hydrogen-bond donors (Lipinski definition) is 2. The van der Waals surface area contributed by atoms with Crippen LogP contribution in [0.4, 0.5) is 23.0 Å². The quantitative estimate of drug-likeness (QED) is 0.641. The fourth-order valence-corrected chi connectivity index (χ4v) is 1.70. The zero-order chi connectivity index (χ0) is 14.5. The minimum absolute atomic E-state index is 0.0793. The summed E-state index contributed by atoms with van der Waals surface area (Å²) < 4.78 is 5.46. The normalized spacial score (nSPS) is 10.1. The Morgan fingerprint density at radius 3 is 2.85 bits per heavy atom. The van der Waals surface area contributed by atoms with Gasteiger partial charge >= 0.3 is 0 Å². The lowest BCUT2D eigenvalue weighted by atomic mass is 10.3. The highest BCUT2D eigenvalue weighted by Crippen LogP contribution is 2.28. The highest BCUT2D eigenvalue weighted by Gasteiger charge is 2.11. The molecule has 104 valence electrons. The number of pyridine rings is 1.